The van der Waals surface area contributed by atoms with Gasteiger partial charge in [0.2, 0.25) is 0 Å². The fourth-order valence-corrected chi connectivity index (χ4v) is 2.85. The Labute approximate surface area is 139 Å². The van der Waals surface area contributed by atoms with E-state index in [2.05, 4.69) is 5.32 Å². The molecule has 1 heterocycles. The highest BCUT2D eigenvalue weighted by molar-refractivity contribution is 6.08. The first-order valence-electron chi connectivity index (χ1n) is 7.79. The average molecular weight is 336 g/mol. The summed E-state index contributed by atoms with van der Waals surface area (Å²) in [5.41, 5.74) is 0.440. The number of Topliss-reactive ketones (excluding diaryl/α,β-unsaturated/α-hetero) is 1. The predicted octanol–water partition coefficient (Wildman–Crippen LogP) is 1.08. The number of halogens is 1. The first-order chi connectivity index (χ1) is 11.5. The Bertz CT molecular complexity index is 660. The minimum atomic E-state index is -0.788. The second-order valence-electron chi connectivity index (χ2n) is 5.60. The Morgan fingerprint density at radius 3 is 2.75 bits per heavy atom. The number of benzene rings is 1. The van der Waals surface area contributed by atoms with Gasteiger partial charge in [-0.25, -0.2) is 4.39 Å². The Morgan fingerprint density at radius 1 is 1.38 bits per heavy atom. The van der Waals surface area contributed by atoms with Gasteiger partial charge in [0.05, 0.1) is 18.2 Å². The van der Waals surface area contributed by atoms with Crippen molar-refractivity contribution in [3.8, 4) is 0 Å². The normalized spacial score (nSPS) is 17.7. The van der Waals surface area contributed by atoms with Crippen molar-refractivity contribution in [1.82, 2.24) is 10.2 Å². The van der Waals surface area contributed by atoms with Gasteiger partial charge in [0.25, 0.3) is 5.91 Å². The lowest BCUT2D eigenvalue weighted by Crippen LogP contribution is -2.33. The topological polar surface area (TPSA) is 89.9 Å². The summed E-state index contributed by atoms with van der Waals surface area (Å²) >= 11 is 0. The fraction of sp³-hybridized carbons (Fsp3) is 0.412. The predicted molar refractivity (Wildman–Crippen MR) is 85.8 cm³/mol. The molecule has 0 aromatic heterocycles. The number of amides is 1. The first kappa shape index (κ1) is 18.1. The number of nitrogens with zero attached hydrogens (tertiary/aromatic N) is 1. The molecule has 24 heavy (non-hydrogen) atoms. The van der Waals surface area contributed by atoms with Crippen LogP contribution in [0, 0.1) is 5.82 Å². The first-order valence-corrected chi connectivity index (χ1v) is 7.79. The van der Waals surface area contributed by atoms with Crippen LogP contribution in [0.2, 0.25) is 0 Å². The van der Waals surface area contributed by atoms with Crippen LogP contribution in [0.1, 0.15) is 24.9 Å². The molecule has 1 aliphatic heterocycles. The van der Waals surface area contributed by atoms with Crippen molar-refractivity contribution in [2.75, 3.05) is 26.2 Å². The van der Waals surface area contributed by atoms with E-state index >= 15 is 0 Å². The van der Waals surface area contributed by atoms with Crippen LogP contribution in [0.5, 0.6) is 0 Å². The van der Waals surface area contributed by atoms with Crippen molar-refractivity contribution < 1.29 is 24.2 Å². The van der Waals surface area contributed by atoms with E-state index in [1.807, 2.05) is 0 Å². The van der Waals surface area contributed by atoms with Crippen molar-refractivity contribution >= 4 is 11.7 Å². The van der Waals surface area contributed by atoms with Gasteiger partial charge < -0.3 is 20.4 Å². The monoisotopic (exact) mass is 336 g/mol. The molecule has 1 unspecified atom stereocenters. The van der Waals surface area contributed by atoms with Gasteiger partial charge in [-0.3, -0.25) is 9.59 Å². The van der Waals surface area contributed by atoms with Gasteiger partial charge in [0, 0.05) is 13.1 Å². The molecule has 0 spiro atoms. The summed E-state index contributed by atoms with van der Waals surface area (Å²) in [7, 11) is 0. The summed E-state index contributed by atoms with van der Waals surface area (Å²) in [6, 6.07) is 4.88. The highest BCUT2D eigenvalue weighted by atomic mass is 19.1. The molecule has 1 atom stereocenters. The second-order valence-corrected chi connectivity index (χ2v) is 5.60. The molecule has 0 radical (unpaired) electrons. The van der Waals surface area contributed by atoms with Crippen LogP contribution in [0.15, 0.2) is 35.6 Å². The van der Waals surface area contributed by atoms with Gasteiger partial charge in [-0.05, 0) is 37.6 Å². The summed E-state index contributed by atoms with van der Waals surface area (Å²) in [6.45, 7) is 2.60. The van der Waals surface area contributed by atoms with E-state index in [0.717, 1.165) is 0 Å². The lowest BCUT2D eigenvalue weighted by atomic mass is 9.96. The lowest BCUT2D eigenvalue weighted by molar-refractivity contribution is -0.129. The minimum Gasteiger partial charge on any atom is -0.503 e. The van der Waals surface area contributed by atoms with Crippen LogP contribution < -0.4 is 5.32 Å². The number of aliphatic hydroxyl groups excluding tert-OH is 2. The summed E-state index contributed by atoms with van der Waals surface area (Å²) in [5, 5.41) is 21.8. The molecule has 1 amide bonds. The van der Waals surface area contributed by atoms with Gasteiger partial charge in [-0.1, -0.05) is 12.1 Å². The van der Waals surface area contributed by atoms with E-state index < -0.39 is 29.3 Å². The molecule has 3 N–H and O–H groups in total. The molecule has 0 bridgehead atoms. The number of rotatable bonds is 8. The highest BCUT2D eigenvalue weighted by Gasteiger charge is 2.42. The molecule has 0 fully saturated rings. The van der Waals surface area contributed by atoms with Gasteiger partial charge in [0.1, 0.15) is 5.82 Å². The molecule has 1 aromatic carbocycles. The molecule has 0 aliphatic carbocycles. The molecule has 6 nitrogen and oxygen atoms in total. The van der Waals surface area contributed by atoms with Crippen molar-refractivity contribution in [3.05, 3.63) is 47.0 Å². The number of carbonyl (C=O) groups is 2. The maximum atomic E-state index is 13.6. The van der Waals surface area contributed by atoms with E-state index in [-0.39, 0.29) is 12.2 Å². The largest absolute Gasteiger partial charge is 0.503 e. The van der Waals surface area contributed by atoms with E-state index in [0.29, 0.717) is 31.6 Å². The Morgan fingerprint density at radius 2 is 2.12 bits per heavy atom. The zero-order valence-electron chi connectivity index (χ0n) is 13.5. The maximum absolute atomic E-state index is 13.6. The van der Waals surface area contributed by atoms with Crippen LogP contribution >= 0.6 is 0 Å². The van der Waals surface area contributed by atoms with Gasteiger partial charge in [-0.15, -0.1) is 0 Å². The molecule has 130 valence electrons. The third kappa shape index (κ3) is 3.80. The quantitative estimate of drug-likeness (QED) is 0.618. The van der Waals surface area contributed by atoms with Crippen molar-refractivity contribution in [2.45, 2.75) is 19.4 Å². The number of hydrogen-bond acceptors (Lipinski definition) is 5. The molecule has 1 aromatic rings. The van der Waals surface area contributed by atoms with Gasteiger partial charge in [0.15, 0.2) is 11.5 Å². The highest BCUT2D eigenvalue weighted by Crippen LogP contribution is 2.37. The van der Waals surface area contributed by atoms with Crippen molar-refractivity contribution in [2.24, 2.45) is 0 Å². The minimum absolute atomic E-state index is 0.00563. The molecule has 0 saturated heterocycles. The SMILES string of the molecule is CC(=O)C1=C(O)C(=O)N(CCCNCCO)C1c1cccc(F)c1. The Balaban J connectivity index is 2.25. The van der Waals surface area contributed by atoms with Gasteiger partial charge in [-0.2, -0.15) is 0 Å². The number of nitrogens with one attached hydrogen (secondary N) is 1. The van der Waals surface area contributed by atoms with Crippen LogP contribution in [-0.4, -0.2) is 53.0 Å². The zero-order chi connectivity index (χ0) is 17.7. The summed E-state index contributed by atoms with van der Waals surface area (Å²) in [6.07, 6.45) is 0.565. The van der Waals surface area contributed by atoms with Crippen LogP contribution in [0.4, 0.5) is 4.39 Å². The average Bonchev–Trinajstić information content (AvgIpc) is 2.79. The second kappa shape index (κ2) is 8.03. The zero-order valence-corrected chi connectivity index (χ0v) is 13.5. The summed E-state index contributed by atoms with van der Waals surface area (Å²) in [4.78, 5) is 25.6. The number of aliphatic hydroxyl groups is 2. The van der Waals surface area contributed by atoms with Crippen molar-refractivity contribution in [3.63, 3.8) is 0 Å². The van der Waals surface area contributed by atoms with Crippen LogP contribution in [0.25, 0.3) is 0 Å². The van der Waals surface area contributed by atoms with E-state index in [1.165, 1.54) is 30.0 Å². The molecule has 1 aliphatic rings. The molecular weight excluding hydrogens is 315 g/mol. The maximum Gasteiger partial charge on any atom is 0.290 e. The van der Waals surface area contributed by atoms with E-state index in [4.69, 9.17) is 5.11 Å². The van der Waals surface area contributed by atoms with E-state index in [9.17, 15) is 19.1 Å². The van der Waals surface area contributed by atoms with Gasteiger partial charge >= 0.3 is 0 Å². The smallest absolute Gasteiger partial charge is 0.290 e. The molecule has 7 heteroatoms. The van der Waals surface area contributed by atoms with E-state index in [1.54, 1.807) is 6.07 Å². The molecular formula is C17H21FN2O4. The fourth-order valence-electron chi connectivity index (χ4n) is 2.85. The van der Waals surface area contributed by atoms with Crippen molar-refractivity contribution in [1.29, 1.82) is 0 Å². The third-order valence-electron chi connectivity index (χ3n) is 3.89. The standard InChI is InChI=1S/C17H21FN2O4/c1-11(22)14-15(12-4-2-5-13(18)10-12)20(17(24)16(14)23)8-3-6-19-7-9-21/h2,4-5,10,15,19,21,23H,3,6-9H2,1H3. The van der Waals surface area contributed by atoms with Crippen LogP contribution in [0.3, 0.4) is 0 Å². The Kier molecular flexibility index (Phi) is 6.05. The Hall–Kier alpha value is -2.25. The summed E-state index contributed by atoms with van der Waals surface area (Å²) in [5.74, 6) is -2.09. The number of ketones is 1. The number of carbonyl (C=O) groups excluding carboxylic acids is 2. The van der Waals surface area contributed by atoms with Crippen LogP contribution in [-0.2, 0) is 9.59 Å². The number of hydrogen-bond donors (Lipinski definition) is 3. The third-order valence-corrected chi connectivity index (χ3v) is 3.89. The molecule has 2 rings (SSSR count). The lowest BCUT2D eigenvalue weighted by Gasteiger charge is -2.26. The summed E-state index contributed by atoms with van der Waals surface area (Å²) < 4.78 is 13.6. The molecule has 0 saturated carbocycles.